The third-order valence-corrected chi connectivity index (χ3v) is 3.43. The molecule has 1 heterocycles. The Balaban J connectivity index is 2.37. The van der Waals surface area contributed by atoms with Crippen LogP contribution in [0.1, 0.15) is 9.67 Å². The van der Waals surface area contributed by atoms with Crippen LogP contribution in [0.15, 0.2) is 0 Å². The summed E-state index contributed by atoms with van der Waals surface area (Å²) < 4.78 is 10.1. The molecule has 0 spiro atoms. The van der Waals surface area contributed by atoms with Gasteiger partial charge in [-0.25, -0.2) is 4.98 Å². The van der Waals surface area contributed by atoms with Crippen molar-refractivity contribution >= 4 is 28.2 Å². The fourth-order valence-electron chi connectivity index (χ4n) is 1.24. The number of nitrogen functional groups attached to an aromatic ring is 1. The molecule has 0 saturated heterocycles. The number of methoxy groups -OCH3 is 1. The average Bonchev–Trinajstić information content (AvgIpc) is 2.76. The van der Waals surface area contributed by atoms with E-state index in [9.17, 15) is 4.79 Å². The number of amides is 1. The van der Waals surface area contributed by atoms with E-state index in [1.807, 2.05) is 19.0 Å². The minimum atomic E-state index is -0.224. The summed E-state index contributed by atoms with van der Waals surface area (Å²) in [5.41, 5.74) is 5.71. The van der Waals surface area contributed by atoms with Gasteiger partial charge in [0.2, 0.25) is 0 Å². The van der Waals surface area contributed by atoms with E-state index < -0.39 is 0 Å². The zero-order chi connectivity index (χ0) is 14.3. The molecule has 0 bridgehead atoms. The lowest BCUT2D eigenvalue weighted by molar-refractivity contribution is 0.0693. The van der Waals surface area contributed by atoms with Gasteiger partial charge in [0, 0.05) is 27.7 Å². The van der Waals surface area contributed by atoms with E-state index in [2.05, 4.69) is 10.3 Å². The second kappa shape index (κ2) is 7.93. The minimum Gasteiger partial charge on any atom is -0.382 e. The molecule has 7 nitrogen and oxygen atoms in total. The molecule has 1 aromatic heterocycles. The summed E-state index contributed by atoms with van der Waals surface area (Å²) in [5.74, 6) is 0.0324. The van der Waals surface area contributed by atoms with Gasteiger partial charge in [-0.3, -0.25) is 4.79 Å². The highest BCUT2D eigenvalue weighted by Crippen LogP contribution is 2.26. The van der Waals surface area contributed by atoms with Crippen molar-refractivity contribution in [1.29, 1.82) is 0 Å². The largest absolute Gasteiger partial charge is 0.382 e. The molecule has 0 saturated carbocycles. The molecule has 0 aliphatic rings. The normalized spacial score (nSPS) is 10.5. The van der Waals surface area contributed by atoms with Crippen molar-refractivity contribution in [1.82, 2.24) is 10.3 Å². The lowest BCUT2D eigenvalue weighted by atomic mass is 10.4. The SMILES string of the molecule is COCCOCCNC(=O)c1sc(N(C)C)nc1N. The maximum absolute atomic E-state index is 11.9. The van der Waals surface area contributed by atoms with Crippen LogP contribution >= 0.6 is 11.3 Å². The van der Waals surface area contributed by atoms with Gasteiger partial charge in [-0.05, 0) is 0 Å². The standard InChI is InChI=1S/C11H20N4O3S/c1-15(2)11-14-9(12)8(19-11)10(16)13-4-5-18-7-6-17-3/h4-7,12H2,1-3H3,(H,13,16). The van der Waals surface area contributed by atoms with E-state index in [4.69, 9.17) is 15.2 Å². The number of nitrogens with zero attached hydrogens (tertiary/aromatic N) is 2. The van der Waals surface area contributed by atoms with Gasteiger partial charge in [-0.1, -0.05) is 11.3 Å². The Hall–Kier alpha value is -1.38. The van der Waals surface area contributed by atoms with Crippen molar-refractivity contribution in [2.24, 2.45) is 0 Å². The first-order chi connectivity index (χ1) is 9.06. The zero-order valence-corrected chi connectivity index (χ0v) is 12.2. The fraction of sp³-hybridized carbons (Fsp3) is 0.636. The van der Waals surface area contributed by atoms with Crippen LogP contribution in [0.3, 0.4) is 0 Å². The summed E-state index contributed by atoms with van der Waals surface area (Å²) in [7, 11) is 5.31. The molecule has 0 atom stereocenters. The predicted octanol–water partition coefficient (Wildman–Crippen LogP) is 0.184. The van der Waals surface area contributed by atoms with Gasteiger partial charge in [-0.15, -0.1) is 0 Å². The summed E-state index contributed by atoms with van der Waals surface area (Å²) in [5, 5.41) is 3.44. The number of rotatable bonds is 8. The third-order valence-electron chi connectivity index (χ3n) is 2.19. The number of hydrogen-bond donors (Lipinski definition) is 2. The number of thiazole rings is 1. The van der Waals surface area contributed by atoms with Crippen LogP contribution in [0.4, 0.5) is 10.9 Å². The van der Waals surface area contributed by atoms with Crippen molar-refractivity contribution in [2.75, 3.05) is 58.2 Å². The molecule has 0 aliphatic heterocycles. The summed E-state index contributed by atoms with van der Waals surface area (Å²) in [4.78, 5) is 18.2. The minimum absolute atomic E-state index is 0.224. The molecule has 1 amide bonds. The van der Waals surface area contributed by atoms with E-state index in [1.165, 1.54) is 11.3 Å². The first kappa shape index (κ1) is 15.7. The quantitative estimate of drug-likeness (QED) is 0.664. The summed E-state index contributed by atoms with van der Waals surface area (Å²) >= 11 is 1.26. The molecule has 0 aromatic carbocycles. The molecule has 1 aromatic rings. The predicted molar refractivity (Wildman–Crippen MR) is 75.9 cm³/mol. The highest BCUT2D eigenvalue weighted by molar-refractivity contribution is 7.18. The van der Waals surface area contributed by atoms with E-state index in [0.717, 1.165) is 0 Å². The average molecular weight is 288 g/mol. The van der Waals surface area contributed by atoms with Crippen LogP contribution in [0.25, 0.3) is 0 Å². The third kappa shape index (κ3) is 5.01. The molecule has 108 valence electrons. The van der Waals surface area contributed by atoms with Crippen LogP contribution in [-0.4, -0.2) is 58.5 Å². The fourth-order valence-corrected chi connectivity index (χ4v) is 2.06. The van der Waals surface area contributed by atoms with E-state index >= 15 is 0 Å². The van der Waals surface area contributed by atoms with Gasteiger partial charge in [-0.2, -0.15) is 0 Å². The molecular weight excluding hydrogens is 268 g/mol. The van der Waals surface area contributed by atoms with Gasteiger partial charge in [0.1, 0.15) is 10.7 Å². The number of nitrogens with one attached hydrogen (secondary N) is 1. The number of ether oxygens (including phenoxy) is 2. The monoisotopic (exact) mass is 288 g/mol. The molecule has 0 aliphatic carbocycles. The maximum atomic E-state index is 11.9. The lowest BCUT2D eigenvalue weighted by Crippen LogP contribution is -2.27. The summed E-state index contributed by atoms with van der Waals surface area (Å²) in [6.45, 7) is 1.92. The number of carbonyl (C=O) groups excluding carboxylic acids is 1. The summed E-state index contributed by atoms with van der Waals surface area (Å²) in [6.07, 6.45) is 0. The van der Waals surface area contributed by atoms with Gasteiger partial charge < -0.3 is 25.4 Å². The van der Waals surface area contributed by atoms with E-state index in [0.29, 0.717) is 36.4 Å². The Bertz CT molecular complexity index is 409. The molecule has 0 fully saturated rings. The number of hydrogen-bond acceptors (Lipinski definition) is 7. The van der Waals surface area contributed by atoms with E-state index in [1.54, 1.807) is 7.11 Å². The Kier molecular flexibility index (Phi) is 6.54. The van der Waals surface area contributed by atoms with Crippen LogP contribution < -0.4 is 16.0 Å². The van der Waals surface area contributed by atoms with Gasteiger partial charge in [0.05, 0.1) is 19.8 Å². The number of nitrogens with two attached hydrogens (primary N) is 1. The second-order valence-corrected chi connectivity index (χ2v) is 4.94. The van der Waals surface area contributed by atoms with Crippen molar-refractivity contribution in [3.8, 4) is 0 Å². The molecular formula is C11H20N4O3S. The van der Waals surface area contributed by atoms with Crippen LogP contribution in [-0.2, 0) is 9.47 Å². The maximum Gasteiger partial charge on any atom is 0.265 e. The van der Waals surface area contributed by atoms with Crippen molar-refractivity contribution in [3.05, 3.63) is 4.88 Å². The molecule has 19 heavy (non-hydrogen) atoms. The van der Waals surface area contributed by atoms with Crippen LogP contribution in [0.5, 0.6) is 0 Å². The molecule has 0 unspecified atom stereocenters. The lowest BCUT2D eigenvalue weighted by Gasteiger charge is -2.06. The number of anilines is 2. The van der Waals surface area contributed by atoms with Crippen molar-refractivity contribution in [3.63, 3.8) is 0 Å². The number of carbonyl (C=O) groups is 1. The van der Waals surface area contributed by atoms with Crippen LogP contribution in [0, 0.1) is 0 Å². The zero-order valence-electron chi connectivity index (χ0n) is 11.4. The van der Waals surface area contributed by atoms with Gasteiger partial charge in [0.15, 0.2) is 5.13 Å². The highest BCUT2D eigenvalue weighted by Gasteiger charge is 2.16. The Labute approximate surface area is 116 Å². The molecule has 3 N–H and O–H groups in total. The highest BCUT2D eigenvalue weighted by atomic mass is 32.1. The van der Waals surface area contributed by atoms with Gasteiger partial charge >= 0.3 is 0 Å². The van der Waals surface area contributed by atoms with Gasteiger partial charge in [0.25, 0.3) is 5.91 Å². The van der Waals surface area contributed by atoms with E-state index in [-0.39, 0.29) is 11.7 Å². The Morgan fingerprint density at radius 1 is 1.42 bits per heavy atom. The first-order valence-corrected chi connectivity index (χ1v) is 6.66. The first-order valence-electron chi connectivity index (χ1n) is 5.84. The topological polar surface area (TPSA) is 89.7 Å². The molecule has 0 radical (unpaired) electrons. The molecule has 1 rings (SSSR count). The second-order valence-electron chi connectivity index (χ2n) is 3.97. The van der Waals surface area contributed by atoms with Crippen LogP contribution in [0.2, 0.25) is 0 Å². The molecule has 8 heteroatoms. The Morgan fingerprint density at radius 3 is 2.74 bits per heavy atom. The Morgan fingerprint density at radius 2 is 2.16 bits per heavy atom. The number of aromatic nitrogens is 1. The van der Waals surface area contributed by atoms with Crippen molar-refractivity contribution in [2.45, 2.75) is 0 Å². The van der Waals surface area contributed by atoms with Crippen molar-refractivity contribution < 1.29 is 14.3 Å². The summed E-state index contributed by atoms with van der Waals surface area (Å²) in [6, 6.07) is 0. The smallest absolute Gasteiger partial charge is 0.265 e.